The van der Waals surface area contributed by atoms with Gasteiger partial charge in [-0.2, -0.15) is 0 Å². The van der Waals surface area contributed by atoms with Crippen LogP contribution in [-0.4, -0.2) is 16.6 Å². The van der Waals surface area contributed by atoms with Gasteiger partial charge in [0, 0.05) is 0 Å². The third-order valence-corrected chi connectivity index (χ3v) is 2.90. The molecule has 0 bridgehead atoms. The fraction of sp³-hybridized carbons (Fsp3) is 0.333. The average molecular weight is 265 g/mol. The Morgan fingerprint density at radius 2 is 2.22 bits per heavy atom. The van der Waals surface area contributed by atoms with Gasteiger partial charge in [0.15, 0.2) is 0 Å². The predicted molar refractivity (Wildman–Crippen MR) is 69.8 cm³/mol. The molecule has 0 aliphatic heterocycles. The van der Waals surface area contributed by atoms with Crippen LogP contribution in [0, 0.1) is 6.92 Å². The first-order valence-electron chi connectivity index (χ1n) is 5.68. The molecule has 0 aliphatic carbocycles. The van der Waals surface area contributed by atoms with E-state index in [1.165, 1.54) is 11.8 Å². The number of nitrogen functional groups attached to an aromatic ring is 1. The van der Waals surface area contributed by atoms with Gasteiger partial charge in [0.1, 0.15) is 11.3 Å². The Morgan fingerprint density at radius 3 is 2.89 bits per heavy atom. The lowest BCUT2D eigenvalue weighted by atomic mass is 10.4. The Bertz CT molecular complexity index is 528. The van der Waals surface area contributed by atoms with Crippen LogP contribution in [-0.2, 0) is 0 Å². The highest BCUT2D eigenvalue weighted by Crippen LogP contribution is 2.29. The normalized spacial score (nSPS) is 10.6. The molecule has 2 heterocycles. The van der Waals surface area contributed by atoms with E-state index in [2.05, 4.69) is 9.97 Å². The Morgan fingerprint density at radius 1 is 1.39 bits per heavy atom. The molecule has 2 N–H and O–H groups in total. The van der Waals surface area contributed by atoms with E-state index < -0.39 is 0 Å². The zero-order valence-electron chi connectivity index (χ0n) is 10.3. The smallest absolute Gasteiger partial charge is 0.262 e. The van der Waals surface area contributed by atoms with E-state index in [0.29, 0.717) is 23.4 Å². The van der Waals surface area contributed by atoms with Crippen molar-refractivity contribution in [2.75, 3.05) is 12.3 Å². The number of aromatic nitrogens is 2. The van der Waals surface area contributed by atoms with Crippen LogP contribution in [0.2, 0.25) is 0 Å². The minimum Gasteiger partial charge on any atom is -0.476 e. The Balaban J connectivity index is 2.13. The van der Waals surface area contributed by atoms with Crippen LogP contribution in [0.15, 0.2) is 33.1 Å². The van der Waals surface area contributed by atoms with Crippen molar-refractivity contribution < 1.29 is 9.15 Å². The van der Waals surface area contributed by atoms with Crippen LogP contribution in [0.3, 0.4) is 0 Å². The Labute approximate surface area is 110 Å². The topological polar surface area (TPSA) is 74.2 Å². The number of nitrogens with zero attached hydrogens (tertiary/aromatic N) is 2. The second-order valence-corrected chi connectivity index (χ2v) is 4.72. The number of nitrogens with two attached hydrogens (primary N) is 1. The van der Waals surface area contributed by atoms with Crippen molar-refractivity contribution in [2.24, 2.45) is 0 Å². The molecule has 18 heavy (non-hydrogen) atoms. The molecule has 5 nitrogen and oxygen atoms in total. The van der Waals surface area contributed by atoms with Crippen molar-refractivity contribution in [3.8, 4) is 5.88 Å². The first kappa shape index (κ1) is 12.8. The molecule has 0 amide bonds. The standard InChI is InChI=1S/C12H15N3O2S/c1-3-6-16-11-9(13)4-5-10(15-11)18-12-14-8(2)7-17-12/h4-5,7H,3,6,13H2,1-2H3. The lowest BCUT2D eigenvalue weighted by Gasteiger charge is -2.07. The van der Waals surface area contributed by atoms with Gasteiger partial charge < -0.3 is 14.9 Å². The minimum absolute atomic E-state index is 0.463. The van der Waals surface area contributed by atoms with Gasteiger partial charge >= 0.3 is 0 Å². The molecule has 2 aromatic heterocycles. The van der Waals surface area contributed by atoms with E-state index in [0.717, 1.165) is 17.1 Å². The van der Waals surface area contributed by atoms with Crippen molar-refractivity contribution in [2.45, 2.75) is 30.5 Å². The molecule has 0 saturated carbocycles. The molecule has 0 aromatic carbocycles. The third-order valence-electron chi connectivity index (χ3n) is 2.10. The Hall–Kier alpha value is -1.69. The number of ether oxygens (including phenoxy) is 1. The molecule has 0 unspecified atom stereocenters. The van der Waals surface area contributed by atoms with Gasteiger partial charge in [-0.25, -0.2) is 9.97 Å². The second kappa shape index (κ2) is 5.77. The third kappa shape index (κ3) is 3.16. The average Bonchev–Trinajstić information content (AvgIpc) is 2.75. The number of anilines is 1. The van der Waals surface area contributed by atoms with Crippen LogP contribution in [0.5, 0.6) is 5.88 Å². The molecule has 2 rings (SSSR count). The molecule has 96 valence electrons. The fourth-order valence-electron chi connectivity index (χ4n) is 1.27. The molecule has 0 aliphatic rings. The van der Waals surface area contributed by atoms with Crippen molar-refractivity contribution in [3.63, 3.8) is 0 Å². The van der Waals surface area contributed by atoms with Crippen LogP contribution in [0.25, 0.3) is 0 Å². The van der Waals surface area contributed by atoms with E-state index in [1.54, 1.807) is 12.3 Å². The summed E-state index contributed by atoms with van der Waals surface area (Å²) in [6.07, 6.45) is 2.52. The monoisotopic (exact) mass is 265 g/mol. The van der Waals surface area contributed by atoms with Gasteiger partial charge in [-0.05, 0) is 37.2 Å². The molecule has 0 atom stereocenters. The highest BCUT2D eigenvalue weighted by Gasteiger charge is 2.08. The fourth-order valence-corrected chi connectivity index (χ4v) is 2.00. The summed E-state index contributed by atoms with van der Waals surface area (Å²) in [7, 11) is 0. The number of hydrogen-bond donors (Lipinski definition) is 1. The van der Waals surface area contributed by atoms with Gasteiger partial charge in [-0.3, -0.25) is 0 Å². The van der Waals surface area contributed by atoms with E-state index in [9.17, 15) is 0 Å². The number of hydrogen-bond acceptors (Lipinski definition) is 6. The summed E-state index contributed by atoms with van der Waals surface area (Å²) >= 11 is 1.34. The molecule has 2 aromatic rings. The molecule has 0 spiro atoms. The highest BCUT2D eigenvalue weighted by atomic mass is 32.2. The van der Waals surface area contributed by atoms with Crippen LogP contribution >= 0.6 is 11.8 Å². The SMILES string of the molecule is CCCOc1nc(Sc2nc(C)co2)ccc1N. The van der Waals surface area contributed by atoms with E-state index in [4.69, 9.17) is 14.9 Å². The van der Waals surface area contributed by atoms with Gasteiger partial charge in [0.2, 0.25) is 5.88 Å². The number of oxazole rings is 1. The van der Waals surface area contributed by atoms with Crippen LogP contribution in [0.1, 0.15) is 19.0 Å². The summed E-state index contributed by atoms with van der Waals surface area (Å²) in [5.41, 5.74) is 7.17. The lowest BCUT2D eigenvalue weighted by Crippen LogP contribution is -2.01. The van der Waals surface area contributed by atoms with E-state index in [-0.39, 0.29) is 0 Å². The quantitative estimate of drug-likeness (QED) is 0.896. The zero-order chi connectivity index (χ0) is 13.0. The first-order valence-corrected chi connectivity index (χ1v) is 6.50. The molecular weight excluding hydrogens is 250 g/mol. The minimum atomic E-state index is 0.463. The molecular formula is C12H15N3O2S. The van der Waals surface area contributed by atoms with Crippen LogP contribution in [0.4, 0.5) is 5.69 Å². The Kier molecular flexibility index (Phi) is 4.09. The highest BCUT2D eigenvalue weighted by molar-refractivity contribution is 7.99. The van der Waals surface area contributed by atoms with E-state index in [1.807, 2.05) is 19.9 Å². The maximum absolute atomic E-state index is 5.79. The summed E-state index contributed by atoms with van der Waals surface area (Å²) in [5, 5.41) is 1.31. The predicted octanol–water partition coefficient (Wildman–Crippen LogP) is 2.90. The summed E-state index contributed by atoms with van der Waals surface area (Å²) < 4.78 is 10.7. The first-order chi connectivity index (χ1) is 8.69. The van der Waals surface area contributed by atoms with Gasteiger partial charge in [0.05, 0.1) is 18.0 Å². The molecule has 0 radical (unpaired) electrons. The summed E-state index contributed by atoms with van der Waals surface area (Å²) in [4.78, 5) is 8.53. The maximum Gasteiger partial charge on any atom is 0.262 e. The molecule has 0 fully saturated rings. The molecule has 0 saturated heterocycles. The molecule has 6 heteroatoms. The summed E-state index contributed by atoms with van der Waals surface area (Å²) in [5.74, 6) is 0.463. The van der Waals surface area contributed by atoms with Crippen molar-refractivity contribution in [1.29, 1.82) is 0 Å². The lowest BCUT2D eigenvalue weighted by molar-refractivity contribution is 0.305. The maximum atomic E-state index is 5.79. The van der Waals surface area contributed by atoms with Crippen LogP contribution < -0.4 is 10.5 Å². The summed E-state index contributed by atoms with van der Waals surface area (Å²) in [6.45, 7) is 4.51. The summed E-state index contributed by atoms with van der Waals surface area (Å²) in [6, 6.07) is 3.59. The van der Waals surface area contributed by atoms with Gasteiger partial charge in [-0.1, -0.05) is 6.92 Å². The second-order valence-electron chi connectivity index (χ2n) is 3.75. The van der Waals surface area contributed by atoms with Crippen molar-refractivity contribution >= 4 is 17.4 Å². The van der Waals surface area contributed by atoms with E-state index >= 15 is 0 Å². The zero-order valence-corrected chi connectivity index (χ0v) is 11.2. The van der Waals surface area contributed by atoms with Gasteiger partial charge in [0.25, 0.3) is 5.22 Å². The van der Waals surface area contributed by atoms with Gasteiger partial charge in [-0.15, -0.1) is 0 Å². The number of rotatable bonds is 5. The van der Waals surface area contributed by atoms with Crippen molar-refractivity contribution in [3.05, 3.63) is 24.1 Å². The number of pyridine rings is 1. The van der Waals surface area contributed by atoms with Crippen molar-refractivity contribution in [1.82, 2.24) is 9.97 Å². The largest absolute Gasteiger partial charge is 0.476 e. The number of aryl methyl sites for hydroxylation is 1.